The number of aromatic nitrogens is 3. The molecular weight excluding hydrogens is 240 g/mol. The Kier molecular flexibility index (Phi) is 2.51. The smallest absolute Gasteiger partial charge is 0.192 e. The summed E-state index contributed by atoms with van der Waals surface area (Å²) in [6.07, 6.45) is 3.61. The molecule has 0 aliphatic heterocycles. The van der Waals surface area contributed by atoms with E-state index in [0.29, 0.717) is 0 Å². The van der Waals surface area contributed by atoms with Crippen LogP contribution < -0.4 is 4.72 Å². The monoisotopic (exact) mass is 248 g/mol. The van der Waals surface area contributed by atoms with Gasteiger partial charge in [0, 0.05) is 21.9 Å². The maximum atomic E-state index is 4.15. The molecule has 0 saturated heterocycles. The number of hydrogen-bond acceptors (Lipinski definition) is 5. The largest absolute Gasteiger partial charge is 0.302 e. The molecule has 0 bridgehead atoms. The van der Waals surface area contributed by atoms with Crippen molar-refractivity contribution >= 4 is 39.3 Å². The first-order valence-corrected chi connectivity index (χ1v) is 6.37. The molecule has 0 fully saturated rings. The summed E-state index contributed by atoms with van der Waals surface area (Å²) >= 11 is 3.14. The van der Waals surface area contributed by atoms with Crippen molar-refractivity contribution in [3.63, 3.8) is 0 Å². The molecule has 2 N–H and O–H groups in total. The first kappa shape index (κ1) is 9.68. The number of rotatable bonds is 3. The lowest BCUT2D eigenvalue weighted by molar-refractivity contribution is 1.12. The van der Waals surface area contributed by atoms with Crippen molar-refractivity contribution in [3.05, 3.63) is 36.0 Å². The van der Waals surface area contributed by atoms with E-state index in [1.165, 1.54) is 0 Å². The molecule has 0 unspecified atom stereocenters. The van der Waals surface area contributed by atoms with E-state index in [-0.39, 0.29) is 0 Å². The summed E-state index contributed by atoms with van der Waals surface area (Å²) in [5.74, 6) is 0. The molecule has 80 valence electrons. The quantitative estimate of drug-likeness (QED) is 0.699. The van der Waals surface area contributed by atoms with Crippen molar-refractivity contribution < 1.29 is 0 Å². The Balaban J connectivity index is 1.78. The van der Waals surface area contributed by atoms with Crippen LogP contribution in [0.25, 0.3) is 10.9 Å². The van der Waals surface area contributed by atoms with Crippen molar-refractivity contribution in [1.82, 2.24) is 15.2 Å². The fourth-order valence-electron chi connectivity index (χ4n) is 1.36. The fraction of sp³-hybridized carbons (Fsp3) is 0. The topological polar surface area (TPSA) is 53.6 Å². The third-order valence-corrected chi connectivity index (χ3v) is 3.70. The lowest BCUT2D eigenvalue weighted by Crippen LogP contribution is -1.84. The van der Waals surface area contributed by atoms with Crippen LogP contribution in [-0.4, -0.2) is 15.2 Å². The Labute approximate surface area is 100 Å². The summed E-state index contributed by atoms with van der Waals surface area (Å²) in [5, 5.41) is 10.9. The zero-order valence-corrected chi connectivity index (χ0v) is 9.81. The number of nitrogens with zero attached hydrogens (tertiary/aromatic N) is 2. The maximum absolute atomic E-state index is 4.15. The Hall–Kier alpha value is -1.53. The van der Waals surface area contributed by atoms with Crippen LogP contribution in [0.5, 0.6) is 0 Å². The van der Waals surface area contributed by atoms with Gasteiger partial charge in [-0.05, 0) is 30.1 Å². The van der Waals surface area contributed by atoms with E-state index >= 15 is 0 Å². The van der Waals surface area contributed by atoms with E-state index in [1.807, 2.05) is 23.7 Å². The van der Waals surface area contributed by atoms with E-state index in [0.717, 1.165) is 20.9 Å². The summed E-state index contributed by atoms with van der Waals surface area (Å²) in [7, 11) is 0. The first-order valence-electron chi connectivity index (χ1n) is 4.67. The highest BCUT2D eigenvalue weighted by molar-refractivity contribution is 8.00. The molecular formula is C10H8N4S2. The second-order valence-electron chi connectivity index (χ2n) is 3.16. The molecule has 2 aromatic heterocycles. The van der Waals surface area contributed by atoms with Crippen LogP contribution in [0.2, 0.25) is 0 Å². The normalized spacial score (nSPS) is 10.8. The van der Waals surface area contributed by atoms with Crippen LogP contribution in [0, 0.1) is 0 Å². The number of thiazole rings is 1. The minimum Gasteiger partial charge on any atom is -0.302 e. The number of anilines is 1. The molecule has 0 saturated carbocycles. The van der Waals surface area contributed by atoms with Gasteiger partial charge >= 0.3 is 0 Å². The third kappa shape index (κ3) is 1.89. The Morgan fingerprint density at radius 1 is 1.38 bits per heavy atom. The van der Waals surface area contributed by atoms with Crippen LogP contribution in [-0.2, 0) is 0 Å². The molecule has 0 amide bonds. The third-order valence-electron chi connectivity index (χ3n) is 2.10. The van der Waals surface area contributed by atoms with Crippen molar-refractivity contribution in [2.45, 2.75) is 4.90 Å². The van der Waals surface area contributed by atoms with Gasteiger partial charge in [-0.2, -0.15) is 5.10 Å². The highest BCUT2D eigenvalue weighted by Gasteiger charge is 2.00. The highest BCUT2D eigenvalue weighted by atomic mass is 32.2. The predicted molar refractivity (Wildman–Crippen MR) is 67.7 cm³/mol. The number of nitrogens with one attached hydrogen (secondary N) is 2. The number of benzene rings is 1. The van der Waals surface area contributed by atoms with Crippen molar-refractivity contribution in [2.24, 2.45) is 0 Å². The van der Waals surface area contributed by atoms with Gasteiger partial charge in [0.15, 0.2) is 5.13 Å². The van der Waals surface area contributed by atoms with Gasteiger partial charge in [-0.25, -0.2) is 4.98 Å². The van der Waals surface area contributed by atoms with Crippen LogP contribution in [0.3, 0.4) is 0 Å². The number of fused-ring (bicyclic) bond motifs is 1. The average molecular weight is 248 g/mol. The Bertz CT molecular complexity index is 588. The van der Waals surface area contributed by atoms with E-state index in [4.69, 9.17) is 0 Å². The van der Waals surface area contributed by atoms with Gasteiger partial charge in [0.2, 0.25) is 0 Å². The molecule has 0 aliphatic carbocycles. The maximum Gasteiger partial charge on any atom is 0.192 e. The zero-order chi connectivity index (χ0) is 10.8. The van der Waals surface area contributed by atoms with E-state index < -0.39 is 0 Å². The molecule has 1 aromatic carbocycles. The van der Waals surface area contributed by atoms with E-state index in [1.54, 1.807) is 29.5 Å². The van der Waals surface area contributed by atoms with Gasteiger partial charge < -0.3 is 4.72 Å². The molecule has 3 aromatic rings. The Morgan fingerprint density at radius 3 is 3.25 bits per heavy atom. The van der Waals surface area contributed by atoms with Crippen molar-refractivity contribution in [1.29, 1.82) is 0 Å². The standard InChI is InChI=1S/C10H8N4S2/c1-2-9-7(6-12-13-9)5-8(1)16-14-10-11-3-4-15-10/h1-6H,(H,11,14)(H,12,13). The molecule has 0 spiro atoms. The summed E-state index contributed by atoms with van der Waals surface area (Å²) in [4.78, 5) is 5.29. The number of H-pyrrole nitrogens is 1. The summed E-state index contributed by atoms with van der Waals surface area (Å²) in [6.45, 7) is 0. The Morgan fingerprint density at radius 2 is 2.38 bits per heavy atom. The van der Waals surface area contributed by atoms with Gasteiger partial charge in [0.1, 0.15) is 0 Å². The van der Waals surface area contributed by atoms with E-state index in [2.05, 4.69) is 26.0 Å². The van der Waals surface area contributed by atoms with Crippen LogP contribution >= 0.6 is 23.3 Å². The summed E-state index contributed by atoms with van der Waals surface area (Å²) in [5.41, 5.74) is 1.05. The first-order chi connectivity index (χ1) is 7.92. The molecule has 4 nitrogen and oxygen atoms in total. The fourth-order valence-corrected chi connectivity index (χ4v) is 2.63. The minimum absolute atomic E-state index is 0.914. The van der Waals surface area contributed by atoms with Crippen LogP contribution in [0.15, 0.2) is 40.9 Å². The number of hydrogen-bond donors (Lipinski definition) is 2. The predicted octanol–water partition coefficient (Wildman–Crippen LogP) is 3.14. The minimum atomic E-state index is 0.914. The second-order valence-corrected chi connectivity index (χ2v) is 4.93. The lowest BCUT2D eigenvalue weighted by Gasteiger charge is -2.01. The molecule has 16 heavy (non-hydrogen) atoms. The summed E-state index contributed by atoms with van der Waals surface area (Å²) in [6, 6.07) is 6.16. The van der Waals surface area contributed by atoms with Gasteiger partial charge in [-0.15, -0.1) is 11.3 Å². The van der Waals surface area contributed by atoms with Gasteiger partial charge in [0.25, 0.3) is 0 Å². The van der Waals surface area contributed by atoms with Gasteiger partial charge in [0.05, 0.1) is 11.7 Å². The van der Waals surface area contributed by atoms with Crippen molar-refractivity contribution in [2.75, 3.05) is 4.72 Å². The molecule has 3 rings (SSSR count). The molecule has 2 heterocycles. The SMILES string of the molecule is c1csc(NSc2ccc3[nH]ncc3c2)n1. The molecule has 0 atom stereocenters. The van der Waals surface area contributed by atoms with Crippen molar-refractivity contribution in [3.8, 4) is 0 Å². The van der Waals surface area contributed by atoms with E-state index in [9.17, 15) is 0 Å². The van der Waals surface area contributed by atoms with Gasteiger partial charge in [-0.3, -0.25) is 5.10 Å². The lowest BCUT2D eigenvalue weighted by atomic mass is 10.3. The van der Waals surface area contributed by atoms with Crippen LogP contribution in [0.1, 0.15) is 0 Å². The highest BCUT2D eigenvalue weighted by Crippen LogP contribution is 2.24. The average Bonchev–Trinajstić information content (AvgIpc) is 2.97. The molecule has 0 aliphatic rings. The summed E-state index contributed by atoms with van der Waals surface area (Å²) < 4.78 is 3.19. The number of aromatic amines is 1. The van der Waals surface area contributed by atoms with Gasteiger partial charge in [-0.1, -0.05) is 0 Å². The van der Waals surface area contributed by atoms with Crippen LogP contribution in [0.4, 0.5) is 5.13 Å². The second kappa shape index (κ2) is 4.15. The molecule has 6 heteroatoms. The zero-order valence-electron chi connectivity index (χ0n) is 8.18. The molecule has 0 radical (unpaired) electrons.